The molecule has 2 aliphatic carbocycles. The van der Waals surface area contributed by atoms with Crippen LogP contribution in [0.1, 0.15) is 39.5 Å². The Kier molecular flexibility index (Phi) is 1.67. The van der Waals surface area contributed by atoms with Crippen LogP contribution in [-0.4, -0.2) is 0 Å². The Hall–Kier alpha value is -0.520. The summed E-state index contributed by atoms with van der Waals surface area (Å²) in [6.45, 7) is 8.68. The number of allylic oxidation sites excluding steroid dienone is 3. The van der Waals surface area contributed by atoms with Crippen LogP contribution in [0.2, 0.25) is 0 Å². The van der Waals surface area contributed by atoms with E-state index in [9.17, 15) is 0 Å². The van der Waals surface area contributed by atoms with E-state index < -0.39 is 0 Å². The van der Waals surface area contributed by atoms with Gasteiger partial charge in [0.05, 0.1) is 0 Å². The molecule has 0 amide bonds. The molecular weight excluding hydrogens is 144 g/mol. The summed E-state index contributed by atoms with van der Waals surface area (Å²) in [4.78, 5) is 0. The van der Waals surface area contributed by atoms with Gasteiger partial charge in [0.25, 0.3) is 0 Å². The molecule has 0 aromatic rings. The van der Waals surface area contributed by atoms with Crippen LogP contribution < -0.4 is 0 Å². The average molecular weight is 162 g/mol. The van der Waals surface area contributed by atoms with Crippen LogP contribution in [0.25, 0.3) is 0 Å². The molecule has 2 unspecified atom stereocenters. The first-order chi connectivity index (χ1) is 5.64. The van der Waals surface area contributed by atoms with Crippen molar-refractivity contribution in [3.8, 4) is 0 Å². The van der Waals surface area contributed by atoms with Gasteiger partial charge in [0.15, 0.2) is 0 Å². The highest BCUT2D eigenvalue weighted by atomic mass is 14.5. The predicted molar refractivity (Wildman–Crippen MR) is 53.0 cm³/mol. The van der Waals surface area contributed by atoms with E-state index in [0.717, 1.165) is 5.92 Å². The fourth-order valence-corrected chi connectivity index (χ4v) is 2.72. The lowest BCUT2D eigenvalue weighted by atomic mass is 9.52. The van der Waals surface area contributed by atoms with Crippen LogP contribution in [0.15, 0.2) is 23.8 Å². The van der Waals surface area contributed by atoms with Crippen molar-refractivity contribution < 1.29 is 0 Å². The molecule has 0 saturated heterocycles. The standard InChI is InChI=1S/C12H18/c1-9(2)12(3)8-10-6-4-5-7-11(10)12/h6,11H,1,4-5,7-8H2,2-3H3. The minimum Gasteiger partial charge on any atom is -0.0996 e. The molecule has 12 heavy (non-hydrogen) atoms. The predicted octanol–water partition coefficient (Wildman–Crippen LogP) is 3.70. The summed E-state index contributed by atoms with van der Waals surface area (Å²) in [6, 6.07) is 0. The third-order valence-electron chi connectivity index (χ3n) is 3.87. The Balaban J connectivity index is 2.21. The van der Waals surface area contributed by atoms with E-state index in [1.54, 1.807) is 5.57 Å². The maximum Gasteiger partial charge on any atom is -0.00192 e. The van der Waals surface area contributed by atoms with Crippen molar-refractivity contribution in [2.75, 3.05) is 0 Å². The van der Waals surface area contributed by atoms with Gasteiger partial charge in [0, 0.05) is 0 Å². The van der Waals surface area contributed by atoms with Crippen molar-refractivity contribution in [1.82, 2.24) is 0 Å². The summed E-state index contributed by atoms with van der Waals surface area (Å²) in [5, 5.41) is 0. The molecule has 0 aromatic carbocycles. The van der Waals surface area contributed by atoms with Crippen molar-refractivity contribution in [3.05, 3.63) is 23.8 Å². The van der Waals surface area contributed by atoms with Crippen LogP contribution in [0.3, 0.4) is 0 Å². The van der Waals surface area contributed by atoms with E-state index in [4.69, 9.17) is 0 Å². The van der Waals surface area contributed by atoms with Crippen LogP contribution >= 0.6 is 0 Å². The molecule has 0 heteroatoms. The fourth-order valence-electron chi connectivity index (χ4n) is 2.72. The summed E-state index contributed by atoms with van der Waals surface area (Å²) in [7, 11) is 0. The van der Waals surface area contributed by atoms with E-state index in [-0.39, 0.29) is 0 Å². The quantitative estimate of drug-likeness (QED) is 0.516. The van der Waals surface area contributed by atoms with Gasteiger partial charge in [-0.1, -0.05) is 30.7 Å². The third kappa shape index (κ3) is 0.903. The molecule has 1 saturated carbocycles. The molecule has 2 aliphatic rings. The first kappa shape index (κ1) is 8.10. The van der Waals surface area contributed by atoms with Gasteiger partial charge in [-0.05, 0) is 43.9 Å². The molecule has 0 aliphatic heterocycles. The van der Waals surface area contributed by atoms with Gasteiger partial charge in [-0.2, -0.15) is 0 Å². The molecule has 2 atom stereocenters. The van der Waals surface area contributed by atoms with Crippen molar-refractivity contribution in [3.63, 3.8) is 0 Å². The second-order valence-corrected chi connectivity index (χ2v) is 4.64. The van der Waals surface area contributed by atoms with Gasteiger partial charge in [0.2, 0.25) is 0 Å². The Morgan fingerprint density at radius 2 is 2.42 bits per heavy atom. The Morgan fingerprint density at radius 1 is 1.67 bits per heavy atom. The highest BCUT2D eigenvalue weighted by Crippen LogP contribution is 2.58. The lowest BCUT2D eigenvalue weighted by Gasteiger charge is -2.52. The molecule has 66 valence electrons. The molecule has 0 radical (unpaired) electrons. The normalized spacial score (nSPS) is 39.5. The van der Waals surface area contributed by atoms with Gasteiger partial charge >= 0.3 is 0 Å². The highest BCUT2D eigenvalue weighted by molar-refractivity contribution is 5.32. The van der Waals surface area contributed by atoms with Crippen LogP contribution in [-0.2, 0) is 0 Å². The SMILES string of the molecule is C=C(C)C1(C)CC2=CCCCC21. The second kappa shape index (κ2) is 2.48. The first-order valence-electron chi connectivity index (χ1n) is 4.99. The van der Waals surface area contributed by atoms with Crippen LogP contribution in [0.4, 0.5) is 0 Å². The summed E-state index contributed by atoms with van der Waals surface area (Å²) in [6.07, 6.45) is 7.84. The number of fused-ring (bicyclic) bond motifs is 1. The zero-order valence-corrected chi connectivity index (χ0v) is 8.19. The zero-order chi connectivity index (χ0) is 8.77. The fraction of sp³-hybridized carbons (Fsp3) is 0.667. The number of hydrogen-bond donors (Lipinski definition) is 0. The van der Waals surface area contributed by atoms with E-state index in [1.165, 1.54) is 31.3 Å². The van der Waals surface area contributed by atoms with Gasteiger partial charge in [-0.25, -0.2) is 0 Å². The zero-order valence-electron chi connectivity index (χ0n) is 8.19. The molecule has 0 aromatic heterocycles. The van der Waals surface area contributed by atoms with Crippen LogP contribution in [0, 0.1) is 11.3 Å². The van der Waals surface area contributed by atoms with Gasteiger partial charge in [-0.15, -0.1) is 0 Å². The van der Waals surface area contributed by atoms with Crippen molar-refractivity contribution in [1.29, 1.82) is 0 Å². The third-order valence-corrected chi connectivity index (χ3v) is 3.87. The van der Waals surface area contributed by atoms with E-state index >= 15 is 0 Å². The molecule has 0 spiro atoms. The molecule has 1 fully saturated rings. The van der Waals surface area contributed by atoms with E-state index in [1.807, 2.05) is 0 Å². The van der Waals surface area contributed by atoms with Crippen LogP contribution in [0.5, 0.6) is 0 Å². The Bertz CT molecular complexity index is 247. The maximum atomic E-state index is 4.11. The topological polar surface area (TPSA) is 0 Å². The van der Waals surface area contributed by atoms with Gasteiger partial charge in [-0.3, -0.25) is 0 Å². The van der Waals surface area contributed by atoms with Crippen molar-refractivity contribution in [2.45, 2.75) is 39.5 Å². The van der Waals surface area contributed by atoms with Crippen molar-refractivity contribution in [2.24, 2.45) is 11.3 Å². The van der Waals surface area contributed by atoms with Crippen molar-refractivity contribution >= 4 is 0 Å². The summed E-state index contributed by atoms with van der Waals surface area (Å²) in [5.74, 6) is 0.851. The first-order valence-corrected chi connectivity index (χ1v) is 4.99. The maximum absolute atomic E-state index is 4.11. The lowest BCUT2D eigenvalue weighted by Crippen LogP contribution is -2.41. The minimum atomic E-state index is 0.451. The highest BCUT2D eigenvalue weighted by Gasteiger charge is 2.47. The lowest BCUT2D eigenvalue weighted by molar-refractivity contribution is 0.156. The van der Waals surface area contributed by atoms with E-state index in [2.05, 4.69) is 26.5 Å². The molecule has 0 bridgehead atoms. The molecule has 0 nitrogen and oxygen atoms in total. The smallest absolute Gasteiger partial charge is 0.00192 e. The minimum absolute atomic E-state index is 0.451. The Labute approximate surface area is 75.4 Å². The van der Waals surface area contributed by atoms with Gasteiger partial charge < -0.3 is 0 Å². The molecule has 0 N–H and O–H groups in total. The second-order valence-electron chi connectivity index (χ2n) is 4.64. The summed E-state index contributed by atoms with van der Waals surface area (Å²) < 4.78 is 0. The summed E-state index contributed by atoms with van der Waals surface area (Å²) >= 11 is 0. The monoisotopic (exact) mass is 162 g/mol. The number of rotatable bonds is 1. The van der Waals surface area contributed by atoms with Gasteiger partial charge in [0.1, 0.15) is 0 Å². The van der Waals surface area contributed by atoms with E-state index in [0.29, 0.717) is 5.41 Å². The molecule has 2 rings (SSSR count). The summed E-state index contributed by atoms with van der Waals surface area (Å²) in [5.41, 5.74) is 3.55. The average Bonchev–Trinajstić information content (AvgIpc) is 2.02. The largest absolute Gasteiger partial charge is 0.0996 e. The number of hydrogen-bond acceptors (Lipinski definition) is 0. The Morgan fingerprint density at radius 3 is 3.00 bits per heavy atom. The molecule has 0 heterocycles. The molecular formula is C12H18.